The van der Waals surface area contributed by atoms with Gasteiger partial charge in [0.15, 0.2) is 0 Å². The maximum atomic E-state index is 5.21. The van der Waals surface area contributed by atoms with Crippen LogP contribution in [0.15, 0.2) is 0 Å². The number of unbranched alkanes of at least 4 members (excludes halogenated alkanes) is 2. The molecule has 0 radical (unpaired) electrons. The summed E-state index contributed by atoms with van der Waals surface area (Å²) < 4.78 is 0. The average molecular weight is 160 g/mol. The van der Waals surface area contributed by atoms with Crippen molar-refractivity contribution in [3.8, 4) is 0 Å². The summed E-state index contributed by atoms with van der Waals surface area (Å²) in [5.41, 5.74) is 5.21. The van der Waals surface area contributed by atoms with Gasteiger partial charge in [0.05, 0.1) is 0 Å². The van der Waals surface area contributed by atoms with Gasteiger partial charge >= 0.3 is 0 Å². The van der Waals surface area contributed by atoms with Crippen LogP contribution in [0.3, 0.4) is 0 Å². The topological polar surface area (TPSA) is 26.0 Å². The second-order valence-electron chi connectivity index (χ2n) is 1.50. The molecule has 0 bridgehead atoms. The van der Waals surface area contributed by atoms with E-state index < -0.39 is 0 Å². The van der Waals surface area contributed by atoms with E-state index in [2.05, 4.69) is 6.92 Å². The van der Waals surface area contributed by atoms with Crippen molar-refractivity contribution in [2.45, 2.75) is 26.2 Å². The van der Waals surface area contributed by atoms with Crippen LogP contribution < -0.4 is 5.73 Å². The lowest BCUT2D eigenvalue weighted by Crippen LogP contribution is -1.96. The molecule has 0 aliphatic heterocycles. The minimum atomic E-state index is 0. The lowest BCUT2D eigenvalue weighted by atomic mass is 10.3. The number of rotatable bonds is 3. The lowest BCUT2D eigenvalue weighted by molar-refractivity contribution is 0.727. The molecular weight excluding hydrogens is 145 g/mol. The Morgan fingerprint density at radius 3 is 1.75 bits per heavy atom. The van der Waals surface area contributed by atoms with Crippen LogP contribution in [0.1, 0.15) is 26.2 Å². The van der Waals surface area contributed by atoms with E-state index in [1.165, 1.54) is 19.3 Å². The van der Waals surface area contributed by atoms with Crippen LogP contribution in [0.25, 0.3) is 0 Å². The molecule has 0 atom stereocenters. The van der Waals surface area contributed by atoms with E-state index in [9.17, 15) is 0 Å². The molecule has 0 unspecified atom stereocenters. The fourth-order valence-electron chi connectivity index (χ4n) is 0.394. The highest BCUT2D eigenvalue weighted by molar-refractivity contribution is 5.85. The van der Waals surface area contributed by atoms with Gasteiger partial charge in [0.1, 0.15) is 0 Å². The van der Waals surface area contributed by atoms with Gasteiger partial charge < -0.3 is 5.73 Å². The van der Waals surface area contributed by atoms with Crippen LogP contribution in [-0.2, 0) is 0 Å². The molecule has 0 heterocycles. The Labute approximate surface area is 63.8 Å². The van der Waals surface area contributed by atoms with E-state index in [0.29, 0.717) is 0 Å². The van der Waals surface area contributed by atoms with Gasteiger partial charge in [-0.25, -0.2) is 0 Å². The number of halogens is 2. The number of nitrogens with two attached hydrogens (primary N) is 1. The van der Waals surface area contributed by atoms with Gasteiger partial charge in [-0.05, 0) is 13.0 Å². The fraction of sp³-hybridized carbons (Fsp3) is 1.00. The summed E-state index contributed by atoms with van der Waals surface area (Å²) in [5.74, 6) is 0. The van der Waals surface area contributed by atoms with Crippen molar-refractivity contribution >= 4 is 24.8 Å². The summed E-state index contributed by atoms with van der Waals surface area (Å²) in [6.45, 7) is 3.03. The van der Waals surface area contributed by atoms with Crippen LogP contribution in [-0.4, -0.2) is 6.54 Å². The van der Waals surface area contributed by atoms with Crippen molar-refractivity contribution in [1.29, 1.82) is 0 Å². The Hall–Kier alpha value is 0.540. The second-order valence-corrected chi connectivity index (χ2v) is 1.50. The predicted molar refractivity (Wildman–Crippen MR) is 43.1 cm³/mol. The zero-order valence-corrected chi connectivity index (χ0v) is 6.86. The first kappa shape index (κ1) is 15.8. The van der Waals surface area contributed by atoms with Crippen molar-refractivity contribution in [3.05, 3.63) is 0 Å². The fourth-order valence-corrected chi connectivity index (χ4v) is 0.394. The van der Waals surface area contributed by atoms with Crippen LogP contribution in [0, 0.1) is 0 Å². The van der Waals surface area contributed by atoms with Gasteiger partial charge in [-0.3, -0.25) is 0 Å². The average Bonchev–Trinajstić information content (AvgIpc) is 1.61. The first-order chi connectivity index (χ1) is 2.91. The van der Waals surface area contributed by atoms with E-state index in [1.807, 2.05) is 0 Å². The molecule has 0 rings (SSSR count). The zero-order chi connectivity index (χ0) is 4.83. The predicted octanol–water partition coefficient (Wildman–Crippen LogP) is 1.98. The van der Waals surface area contributed by atoms with E-state index in [4.69, 9.17) is 5.73 Å². The molecule has 0 saturated carbocycles. The molecule has 0 amide bonds. The van der Waals surface area contributed by atoms with Crippen molar-refractivity contribution in [2.75, 3.05) is 6.54 Å². The molecule has 0 aromatic carbocycles. The molecule has 0 fully saturated rings. The van der Waals surface area contributed by atoms with E-state index >= 15 is 0 Å². The monoisotopic (exact) mass is 159 g/mol. The van der Waals surface area contributed by atoms with Gasteiger partial charge in [-0.2, -0.15) is 0 Å². The standard InChI is InChI=1S/C5H13N.2ClH/c1-2-3-4-5-6;;/h2-6H2,1H3;2*1H. The summed E-state index contributed by atoms with van der Waals surface area (Å²) in [7, 11) is 0. The largest absolute Gasteiger partial charge is 0.330 e. The molecule has 0 aliphatic carbocycles. The second kappa shape index (κ2) is 15.6. The molecule has 54 valence electrons. The third kappa shape index (κ3) is 16.0. The summed E-state index contributed by atoms with van der Waals surface area (Å²) in [5, 5.41) is 0. The number of hydrogen-bond donors (Lipinski definition) is 1. The normalized spacial score (nSPS) is 6.75. The van der Waals surface area contributed by atoms with Gasteiger partial charge in [0.2, 0.25) is 0 Å². The maximum Gasteiger partial charge on any atom is -0.00773 e. The maximum absolute atomic E-state index is 5.21. The molecule has 0 saturated heterocycles. The highest BCUT2D eigenvalue weighted by atomic mass is 35.5. The quantitative estimate of drug-likeness (QED) is 0.627. The van der Waals surface area contributed by atoms with Crippen LogP contribution >= 0.6 is 24.8 Å². The summed E-state index contributed by atoms with van der Waals surface area (Å²) in [6.07, 6.45) is 3.75. The van der Waals surface area contributed by atoms with E-state index in [1.54, 1.807) is 0 Å². The lowest BCUT2D eigenvalue weighted by Gasteiger charge is -1.86. The van der Waals surface area contributed by atoms with E-state index in [0.717, 1.165) is 6.54 Å². The first-order valence-electron chi connectivity index (χ1n) is 2.62. The van der Waals surface area contributed by atoms with Crippen molar-refractivity contribution in [2.24, 2.45) is 5.73 Å². The Bertz CT molecular complexity index is 22.4. The van der Waals surface area contributed by atoms with Gasteiger partial charge in [-0.1, -0.05) is 19.8 Å². The Morgan fingerprint density at radius 1 is 1.12 bits per heavy atom. The molecule has 1 nitrogen and oxygen atoms in total. The van der Waals surface area contributed by atoms with Gasteiger partial charge in [-0.15, -0.1) is 24.8 Å². The number of hydrogen-bond acceptors (Lipinski definition) is 1. The summed E-state index contributed by atoms with van der Waals surface area (Å²) >= 11 is 0. The smallest absolute Gasteiger partial charge is 0.00773 e. The van der Waals surface area contributed by atoms with Crippen LogP contribution in [0.4, 0.5) is 0 Å². The molecule has 0 aromatic rings. The zero-order valence-electron chi connectivity index (χ0n) is 5.22. The molecule has 0 aliphatic rings. The highest BCUT2D eigenvalue weighted by Crippen LogP contribution is 1.88. The minimum absolute atomic E-state index is 0. The molecule has 3 heteroatoms. The Balaban J connectivity index is -0.000000125. The summed E-state index contributed by atoms with van der Waals surface area (Å²) in [6, 6.07) is 0. The molecule has 8 heavy (non-hydrogen) atoms. The van der Waals surface area contributed by atoms with Crippen molar-refractivity contribution in [3.63, 3.8) is 0 Å². The SMILES string of the molecule is CCCCCN.Cl.Cl. The highest BCUT2D eigenvalue weighted by Gasteiger charge is 1.75. The van der Waals surface area contributed by atoms with Crippen molar-refractivity contribution in [1.82, 2.24) is 0 Å². The van der Waals surface area contributed by atoms with Gasteiger partial charge in [0.25, 0.3) is 0 Å². The van der Waals surface area contributed by atoms with E-state index in [-0.39, 0.29) is 24.8 Å². The van der Waals surface area contributed by atoms with Crippen LogP contribution in [0.5, 0.6) is 0 Å². The van der Waals surface area contributed by atoms with Crippen molar-refractivity contribution < 1.29 is 0 Å². The van der Waals surface area contributed by atoms with Gasteiger partial charge in [0, 0.05) is 0 Å². The summed E-state index contributed by atoms with van der Waals surface area (Å²) in [4.78, 5) is 0. The molecule has 0 spiro atoms. The third-order valence-corrected chi connectivity index (χ3v) is 0.808. The molecule has 0 aromatic heterocycles. The molecule has 2 N–H and O–H groups in total. The Morgan fingerprint density at radius 2 is 1.62 bits per heavy atom. The van der Waals surface area contributed by atoms with Crippen LogP contribution in [0.2, 0.25) is 0 Å². The third-order valence-electron chi connectivity index (χ3n) is 0.808. The Kier molecular flexibility index (Phi) is 30.9. The minimum Gasteiger partial charge on any atom is -0.330 e. The molecular formula is C5H15Cl2N. The first-order valence-corrected chi connectivity index (χ1v) is 2.62.